The van der Waals surface area contributed by atoms with Crippen molar-refractivity contribution in [1.82, 2.24) is 0 Å². The summed E-state index contributed by atoms with van der Waals surface area (Å²) >= 11 is 0. The highest BCUT2D eigenvalue weighted by Gasteiger charge is 2.49. The molecule has 2 aliphatic rings. The van der Waals surface area contributed by atoms with Crippen molar-refractivity contribution in [3.63, 3.8) is 0 Å². The molecule has 0 fully saturated rings. The second-order valence-corrected chi connectivity index (χ2v) is 21.0. The summed E-state index contributed by atoms with van der Waals surface area (Å²) in [6, 6.07) is 13.1. The van der Waals surface area contributed by atoms with Crippen LogP contribution in [0.4, 0.5) is 17.1 Å². The molecule has 0 amide bonds. The molecule has 58 heavy (non-hydrogen) atoms. The molecule has 4 aromatic rings. The van der Waals surface area contributed by atoms with Gasteiger partial charge in [-0.1, -0.05) is 32.1 Å². The monoisotopic (exact) mass is 877 g/mol. The zero-order valence-electron chi connectivity index (χ0n) is 31.6. The molecule has 6 rings (SSSR count). The summed E-state index contributed by atoms with van der Waals surface area (Å²) in [6.45, 7) is 7.71. The Morgan fingerprint density at radius 1 is 0.724 bits per heavy atom. The van der Waals surface area contributed by atoms with Gasteiger partial charge in [0, 0.05) is 52.7 Å². The van der Waals surface area contributed by atoms with Crippen molar-refractivity contribution in [2.75, 3.05) is 11.4 Å². The number of unbranched alkanes of at least 4 members (excludes halogenated alkanes) is 2. The van der Waals surface area contributed by atoms with Crippen molar-refractivity contribution in [2.45, 2.75) is 89.8 Å². The smallest absolute Gasteiger partial charge is 0.303 e. The number of carbonyl (C=O) groups is 1. The third kappa shape index (κ3) is 7.94. The molecule has 2 aliphatic heterocycles. The lowest BCUT2D eigenvalue weighted by atomic mass is 9.77. The summed E-state index contributed by atoms with van der Waals surface area (Å²) in [5.74, 6) is -0.928. The molecular formula is C38H41N2O14S4+. The molecule has 4 aromatic carbocycles. The highest BCUT2D eigenvalue weighted by Crippen LogP contribution is 2.54. The Balaban J connectivity index is 1.61. The Hall–Kier alpha value is -4.54. The van der Waals surface area contributed by atoms with E-state index in [1.54, 1.807) is 23.1 Å². The van der Waals surface area contributed by atoms with Gasteiger partial charge in [0.1, 0.15) is 11.4 Å². The SMILES string of the molecule is CC1(C)C(/C=C/C2N(c3cccc(S(=O)(=O)O)c3)c3cc(S(=O)(=O)O)c4cc(S(=O)(=O)O)ccc4c3C2(C)C)=[N+](CCCCCC(=O)O)c2ccc(S(=O)(=O)O)cc21. The van der Waals surface area contributed by atoms with E-state index in [0.29, 0.717) is 48.3 Å². The standard InChI is InChI=1S/C38H40N2O14S4/c1-37(2)29-21-26(57(49,50)51)13-15-30(29)39(18-7-5-6-11-35(41)42)33(37)16-17-34-38(3,4)36-27-14-12-25(56(46,47)48)20-28(27)32(58(52,53)54)22-31(36)40(34)23-9-8-10-24(19-23)55(43,44)45/h8-10,12-17,19-22,34H,5-7,11,18H2,1-4H3,(H4-,41,42,43,44,45,46,47,48,49,50,51,52,53,54)/p+1/b17-16+. The van der Waals surface area contributed by atoms with Crippen LogP contribution < -0.4 is 4.90 Å². The number of fused-ring (bicyclic) bond motifs is 4. The molecule has 0 aromatic heterocycles. The van der Waals surface area contributed by atoms with E-state index in [9.17, 15) is 56.7 Å². The van der Waals surface area contributed by atoms with Crippen LogP contribution in [0.15, 0.2) is 98.5 Å². The van der Waals surface area contributed by atoms with Crippen molar-refractivity contribution < 1.29 is 66.4 Å². The average molecular weight is 878 g/mol. The predicted molar refractivity (Wildman–Crippen MR) is 213 cm³/mol. The maximum absolute atomic E-state index is 12.9. The predicted octanol–water partition coefficient (Wildman–Crippen LogP) is 5.90. The lowest BCUT2D eigenvalue weighted by Gasteiger charge is -2.33. The molecule has 20 heteroatoms. The number of hydrogen-bond donors (Lipinski definition) is 5. The van der Waals surface area contributed by atoms with Crippen LogP contribution in [0, 0.1) is 0 Å². The van der Waals surface area contributed by atoms with Crippen LogP contribution in [0.25, 0.3) is 10.8 Å². The molecule has 16 nitrogen and oxygen atoms in total. The summed E-state index contributed by atoms with van der Waals surface area (Å²) in [4.78, 5) is 10.6. The van der Waals surface area contributed by atoms with Gasteiger partial charge in [0.25, 0.3) is 40.5 Å². The first kappa shape index (κ1) is 43.0. The molecule has 0 spiro atoms. The van der Waals surface area contributed by atoms with Crippen LogP contribution in [0.1, 0.15) is 64.5 Å². The summed E-state index contributed by atoms with van der Waals surface area (Å²) < 4.78 is 141. The molecule has 0 saturated heterocycles. The molecule has 5 N–H and O–H groups in total. The summed E-state index contributed by atoms with van der Waals surface area (Å²) in [5, 5.41) is 9.11. The maximum atomic E-state index is 12.9. The topological polar surface area (TPSA) is 261 Å². The lowest BCUT2D eigenvalue weighted by Crippen LogP contribution is -2.38. The van der Waals surface area contributed by atoms with Crippen molar-refractivity contribution in [2.24, 2.45) is 0 Å². The number of aliphatic carboxylic acids is 1. The minimum atomic E-state index is -5.08. The van der Waals surface area contributed by atoms with E-state index >= 15 is 0 Å². The first-order valence-electron chi connectivity index (χ1n) is 17.7. The van der Waals surface area contributed by atoms with E-state index in [2.05, 4.69) is 0 Å². The van der Waals surface area contributed by atoms with Gasteiger partial charge in [0.05, 0.1) is 26.1 Å². The minimum absolute atomic E-state index is 0.0205. The second-order valence-electron chi connectivity index (χ2n) is 15.3. The van der Waals surface area contributed by atoms with E-state index < -0.39 is 78.0 Å². The van der Waals surface area contributed by atoms with E-state index in [1.807, 2.05) is 32.3 Å². The van der Waals surface area contributed by atoms with Crippen LogP contribution in [-0.2, 0) is 56.1 Å². The minimum Gasteiger partial charge on any atom is -0.481 e. The van der Waals surface area contributed by atoms with Crippen LogP contribution >= 0.6 is 0 Å². The van der Waals surface area contributed by atoms with Gasteiger partial charge >= 0.3 is 5.97 Å². The Bertz CT molecular complexity index is 2920. The molecule has 0 aliphatic carbocycles. The number of allylic oxidation sites excluding steroid dienone is 1. The second kappa shape index (κ2) is 14.6. The van der Waals surface area contributed by atoms with Crippen molar-refractivity contribution >= 4 is 80.0 Å². The molecule has 1 unspecified atom stereocenters. The van der Waals surface area contributed by atoms with E-state index in [0.717, 1.165) is 24.3 Å². The highest BCUT2D eigenvalue weighted by molar-refractivity contribution is 7.86. The fourth-order valence-corrected chi connectivity index (χ4v) is 10.3. The first-order valence-corrected chi connectivity index (χ1v) is 23.5. The third-order valence-corrected chi connectivity index (χ3v) is 14.3. The number of nitrogens with zero attached hydrogens (tertiary/aromatic N) is 2. The summed E-state index contributed by atoms with van der Waals surface area (Å²) in [5.41, 5.74) is 0.723. The van der Waals surface area contributed by atoms with Gasteiger partial charge in [-0.25, -0.2) is 0 Å². The van der Waals surface area contributed by atoms with Crippen molar-refractivity contribution in [3.8, 4) is 0 Å². The number of carboxylic acids is 1. The Morgan fingerprint density at radius 2 is 1.33 bits per heavy atom. The largest absolute Gasteiger partial charge is 0.481 e. The van der Waals surface area contributed by atoms with Crippen molar-refractivity contribution in [3.05, 3.63) is 90.0 Å². The number of carboxylic acid groups (broad SMARTS) is 1. The van der Waals surface area contributed by atoms with Crippen molar-refractivity contribution in [1.29, 1.82) is 0 Å². The molecular weight excluding hydrogens is 837 g/mol. The van der Waals surface area contributed by atoms with Gasteiger partial charge in [0.15, 0.2) is 5.71 Å². The quantitative estimate of drug-likeness (QED) is 0.0595. The molecule has 0 radical (unpaired) electrons. The zero-order valence-corrected chi connectivity index (χ0v) is 34.8. The van der Waals surface area contributed by atoms with Crippen LogP contribution in [0.5, 0.6) is 0 Å². The van der Waals surface area contributed by atoms with Gasteiger partial charge in [-0.05, 0) is 86.2 Å². The van der Waals surface area contributed by atoms with Gasteiger partial charge in [-0.15, -0.1) is 0 Å². The number of hydrogen-bond acceptors (Lipinski definition) is 10. The fourth-order valence-electron chi connectivity index (χ4n) is 8.10. The molecule has 310 valence electrons. The normalized spacial score (nSPS) is 17.9. The highest BCUT2D eigenvalue weighted by atomic mass is 32.2. The summed E-state index contributed by atoms with van der Waals surface area (Å²) in [7, 11) is -19.2. The first-order chi connectivity index (χ1) is 26.6. The number of rotatable bonds is 13. The van der Waals surface area contributed by atoms with Crippen LogP contribution in [-0.4, -0.2) is 85.8 Å². The van der Waals surface area contributed by atoms with E-state index in [4.69, 9.17) is 5.11 Å². The fraction of sp³-hybridized carbons (Fsp3) is 0.316. The molecule has 0 bridgehead atoms. The van der Waals surface area contributed by atoms with Gasteiger partial charge in [-0.2, -0.15) is 38.2 Å². The maximum Gasteiger partial charge on any atom is 0.303 e. The Labute approximate surface area is 336 Å². The Kier molecular flexibility index (Phi) is 10.9. The molecule has 0 saturated carbocycles. The van der Waals surface area contributed by atoms with Gasteiger partial charge in [0.2, 0.25) is 5.69 Å². The number of anilines is 2. The van der Waals surface area contributed by atoms with E-state index in [1.165, 1.54) is 36.4 Å². The van der Waals surface area contributed by atoms with Gasteiger partial charge in [-0.3, -0.25) is 23.0 Å². The summed E-state index contributed by atoms with van der Waals surface area (Å²) in [6.07, 6.45) is 5.09. The van der Waals surface area contributed by atoms with Crippen LogP contribution in [0.2, 0.25) is 0 Å². The number of benzene rings is 4. The molecule has 2 heterocycles. The Morgan fingerprint density at radius 3 is 1.93 bits per heavy atom. The van der Waals surface area contributed by atoms with Crippen LogP contribution in [0.3, 0.4) is 0 Å². The third-order valence-electron chi connectivity index (χ3n) is 10.8. The van der Waals surface area contributed by atoms with E-state index in [-0.39, 0.29) is 33.5 Å². The average Bonchev–Trinajstić information content (AvgIpc) is 3.46. The molecule has 1 atom stereocenters. The van der Waals surface area contributed by atoms with Gasteiger partial charge < -0.3 is 10.0 Å². The zero-order chi connectivity index (χ0) is 43.0. The lowest BCUT2D eigenvalue weighted by molar-refractivity contribution is -0.438.